The van der Waals surface area contributed by atoms with Gasteiger partial charge in [0.25, 0.3) is 0 Å². The molecular formula is C22H27FN4O2. The third kappa shape index (κ3) is 4.04. The van der Waals surface area contributed by atoms with Gasteiger partial charge in [-0.15, -0.1) is 0 Å². The van der Waals surface area contributed by atoms with Gasteiger partial charge < -0.3 is 14.8 Å². The normalized spacial score (nSPS) is 24.6. The molecule has 29 heavy (non-hydrogen) atoms. The van der Waals surface area contributed by atoms with Crippen LogP contribution in [-0.4, -0.2) is 44.9 Å². The number of carbonyl (C=O) groups is 2. The minimum absolute atomic E-state index is 0.0123. The Bertz CT molecular complexity index is 896. The number of carbonyl (C=O) groups excluding carboxylic acids is 2. The number of benzene rings is 1. The summed E-state index contributed by atoms with van der Waals surface area (Å²) in [5.41, 5.74) is 0.827. The molecule has 1 N–H and O–H groups in total. The minimum atomic E-state index is -0.299. The molecule has 0 saturated carbocycles. The summed E-state index contributed by atoms with van der Waals surface area (Å²) in [6.45, 7) is 2.73. The first-order valence-corrected chi connectivity index (χ1v) is 10.4. The van der Waals surface area contributed by atoms with E-state index in [0.717, 1.165) is 37.1 Å². The van der Waals surface area contributed by atoms with Gasteiger partial charge >= 0.3 is 0 Å². The average Bonchev–Trinajstić information content (AvgIpc) is 3.27. The van der Waals surface area contributed by atoms with E-state index in [2.05, 4.69) is 10.3 Å². The molecule has 0 unspecified atom stereocenters. The predicted molar refractivity (Wildman–Crippen MR) is 107 cm³/mol. The molecule has 7 heteroatoms. The first kappa shape index (κ1) is 19.6. The summed E-state index contributed by atoms with van der Waals surface area (Å²) in [6, 6.07) is 6.24. The quantitative estimate of drug-likeness (QED) is 0.861. The molecule has 6 nitrogen and oxygen atoms in total. The van der Waals surface area contributed by atoms with Crippen LogP contribution in [0.15, 0.2) is 36.7 Å². The Morgan fingerprint density at radius 1 is 1.34 bits per heavy atom. The third-order valence-electron chi connectivity index (χ3n) is 6.14. The molecule has 0 spiro atoms. The van der Waals surface area contributed by atoms with Gasteiger partial charge in [0, 0.05) is 37.7 Å². The Labute approximate surface area is 170 Å². The zero-order chi connectivity index (χ0) is 20.4. The van der Waals surface area contributed by atoms with Crippen molar-refractivity contribution in [3.05, 3.63) is 53.9 Å². The number of fused-ring (bicyclic) bond motifs is 1. The van der Waals surface area contributed by atoms with Gasteiger partial charge in [-0.05, 0) is 30.5 Å². The Kier molecular flexibility index (Phi) is 5.65. The second-order valence-corrected chi connectivity index (χ2v) is 7.94. The third-order valence-corrected chi connectivity index (χ3v) is 6.14. The standard InChI is InChI=1S/C22H27FN4O2/c1-2-19-24-10-11-26(19)14-21(29)27-13-17(15-6-5-7-16(23)12-15)22-18(27)8-3-4-9-20(28)25-22/h5-7,10-12,17-18,22H,2-4,8-9,13-14H2,1H3,(H,25,28)/t17-,18+,22-/m0/s1. The highest BCUT2D eigenvalue weighted by atomic mass is 19.1. The van der Waals surface area contributed by atoms with Crippen molar-refractivity contribution in [2.45, 2.75) is 63.6 Å². The highest BCUT2D eigenvalue weighted by molar-refractivity contribution is 5.79. The van der Waals surface area contributed by atoms with Gasteiger partial charge in [0.15, 0.2) is 0 Å². The largest absolute Gasteiger partial charge is 0.351 e. The average molecular weight is 398 g/mol. The second-order valence-electron chi connectivity index (χ2n) is 7.94. The van der Waals surface area contributed by atoms with Crippen molar-refractivity contribution in [3.63, 3.8) is 0 Å². The highest BCUT2D eigenvalue weighted by Crippen LogP contribution is 2.36. The van der Waals surface area contributed by atoms with Gasteiger partial charge in [-0.3, -0.25) is 9.59 Å². The monoisotopic (exact) mass is 398 g/mol. The SMILES string of the molecule is CCc1nccn1CC(=O)N1C[C@@H](c2cccc(F)c2)[C@@H]2NC(=O)CCCC[C@H]21. The van der Waals surface area contributed by atoms with E-state index in [4.69, 9.17) is 0 Å². The van der Waals surface area contributed by atoms with E-state index in [1.165, 1.54) is 12.1 Å². The second kappa shape index (κ2) is 8.35. The number of rotatable bonds is 4. The summed E-state index contributed by atoms with van der Waals surface area (Å²) in [6.07, 6.45) is 7.37. The van der Waals surface area contributed by atoms with Crippen molar-refractivity contribution >= 4 is 11.8 Å². The van der Waals surface area contributed by atoms with Crippen LogP contribution >= 0.6 is 0 Å². The molecular weight excluding hydrogens is 371 g/mol. The fourth-order valence-corrected chi connectivity index (χ4v) is 4.72. The van der Waals surface area contributed by atoms with E-state index < -0.39 is 0 Å². The molecule has 2 aliphatic rings. The molecule has 4 rings (SSSR count). The first-order valence-electron chi connectivity index (χ1n) is 10.4. The number of nitrogens with zero attached hydrogens (tertiary/aromatic N) is 3. The van der Waals surface area contributed by atoms with Crippen molar-refractivity contribution in [1.82, 2.24) is 19.8 Å². The molecule has 0 radical (unpaired) electrons. The van der Waals surface area contributed by atoms with Gasteiger partial charge in [-0.25, -0.2) is 9.37 Å². The smallest absolute Gasteiger partial charge is 0.242 e. The molecule has 2 amide bonds. The molecule has 2 aromatic rings. The van der Waals surface area contributed by atoms with Gasteiger partial charge in [0.2, 0.25) is 11.8 Å². The molecule has 3 heterocycles. The zero-order valence-electron chi connectivity index (χ0n) is 16.7. The van der Waals surface area contributed by atoms with E-state index >= 15 is 0 Å². The van der Waals surface area contributed by atoms with Gasteiger partial charge in [-0.2, -0.15) is 0 Å². The Hall–Kier alpha value is -2.70. The van der Waals surface area contributed by atoms with Crippen LogP contribution in [0.5, 0.6) is 0 Å². The van der Waals surface area contributed by atoms with Gasteiger partial charge in [0.05, 0.1) is 12.1 Å². The van der Waals surface area contributed by atoms with Crippen LogP contribution < -0.4 is 5.32 Å². The number of nitrogens with one attached hydrogen (secondary N) is 1. The Balaban J connectivity index is 1.62. The van der Waals surface area contributed by atoms with Crippen molar-refractivity contribution in [2.24, 2.45) is 0 Å². The number of hydrogen-bond donors (Lipinski definition) is 1. The van der Waals surface area contributed by atoms with E-state index in [1.807, 2.05) is 28.7 Å². The number of imidazole rings is 1. The molecule has 2 saturated heterocycles. The van der Waals surface area contributed by atoms with Gasteiger partial charge in [0.1, 0.15) is 18.2 Å². The summed E-state index contributed by atoms with van der Waals surface area (Å²) in [5, 5.41) is 3.14. The number of aryl methyl sites for hydroxylation is 1. The molecule has 1 aromatic heterocycles. The molecule has 0 bridgehead atoms. The molecule has 1 aromatic carbocycles. The van der Waals surface area contributed by atoms with Crippen LogP contribution in [0.25, 0.3) is 0 Å². The fraction of sp³-hybridized carbons (Fsp3) is 0.500. The number of aromatic nitrogens is 2. The van der Waals surface area contributed by atoms with Crippen LogP contribution in [0, 0.1) is 5.82 Å². The van der Waals surface area contributed by atoms with E-state index in [-0.39, 0.29) is 42.2 Å². The van der Waals surface area contributed by atoms with Crippen molar-refractivity contribution < 1.29 is 14.0 Å². The maximum Gasteiger partial charge on any atom is 0.242 e. The summed E-state index contributed by atoms with van der Waals surface area (Å²) in [5.74, 6) is 0.489. The van der Waals surface area contributed by atoms with Crippen LogP contribution in [0.3, 0.4) is 0 Å². The molecule has 154 valence electrons. The lowest BCUT2D eigenvalue weighted by Crippen LogP contribution is -2.49. The van der Waals surface area contributed by atoms with Crippen LogP contribution in [-0.2, 0) is 22.6 Å². The fourth-order valence-electron chi connectivity index (χ4n) is 4.72. The minimum Gasteiger partial charge on any atom is -0.351 e. The van der Waals surface area contributed by atoms with Crippen molar-refractivity contribution in [1.29, 1.82) is 0 Å². The first-order chi connectivity index (χ1) is 14.1. The lowest BCUT2D eigenvalue weighted by molar-refractivity contribution is -0.133. The number of hydrogen-bond acceptors (Lipinski definition) is 3. The Morgan fingerprint density at radius 3 is 3.00 bits per heavy atom. The van der Waals surface area contributed by atoms with E-state index in [9.17, 15) is 14.0 Å². The highest BCUT2D eigenvalue weighted by Gasteiger charge is 2.45. The van der Waals surface area contributed by atoms with E-state index in [1.54, 1.807) is 12.3 Å². The van der Waals surface area contributed by atoms with Crippen LogP contribution in [0.2, 0.25) is 0 Å². The topological polar surface area (TPSA) is 67.2 Å². The zero-order valence-corrected chi connectivity index (χ0v) is 16.7. The Morgan fingerprint density at radius 2 is 2.21 bits per heavy atom. The van der Waals surface area contributed by atoms with E-state index in [0.29, 0.717) is 13.0 Å². The lowest BCUT2D eigenvalue weighted by atomic mass is 9.88. The van der Waals surface area contributed by atoms with Crippen molar-refractivity contribution in [3.8, 4) is 0 Å². The van der Waals surface area contributed by atoms with Crippen LogP contribution in [0.1, 0.15) is 49.9 Å². The maximum atomic E-state index is 13.9. The summed E-state index contributed by atoms with van der Waals surface area (Å²) < 4.78 is 15.8. The van der Waals surface area contributed by atoms with Crippen LogP contribution in [0.4, 0.5) is 4.39 Å². The summed E-state index contributed by atoms with van der Waals surface area (Å²) in [4.78, 5) is 31.8. The van der Waals surface area contributed by atoms with Crippen molar-refractivity contribution in [2.75, 3.05) is 6.54 Å². The maximum absolute atomic E-state index is 13.9. The predicted octanol–water partition coefficient (Wildman–Crippen LogP) is 2.64. The number of amides is 2. The molecule has 0 aliphatic carbocycles. The number of halogens is 1. The summed E-state index contributed by atoms with van der Waals surface area (Å²) in [7, 11) is 0. The molecule has 2 fully saturated rings. The van der Waals surface area contributed by atoms with Gasteiger partial charge in [-0.1, -0.05) is 25.5 Å². The molecule has 3 atom stereocenters. The summed E-state index contributed by atoms with van der Waals surface area (Å²) >= 11 is 0. The number of likely N-dealkylation sites (tertiary alicyclic amines) is 1. The lowest BCUT2D eigenvalue weighted by Gasteiger charge is -2.31. The molecule has 2 aliphatic heterocycles.